The minimum atomic E-state index is -0.348. The van der Waals surface area contributed by atoms with Crippen molar-refractivity contribution in [1.29, 1.82) is 0 Å². The summed E-state index contributed by atoms with van der Waals surface area (Å²) < 4.78 is 13.4. The minimum Gasteiger partial charge on any atom is -0.336 e. The van der Waals surface area contributed by atoms with Crippen molar-refractivity contribution in [2.75, 3.05) is 39.3 Å². The van der Waals surface area contributed by atoms with E-state index in [0.29, 0.717) is 18.7 Å². The first-order valence-corrected chi connectivity index (χ1v) is 7.59. The number of rotatable bonds is 5. The lowest BCUT2D eigenvalue weighted by atomic mass is 10.1. The highest BCUT2D eigenvalue weighted by atomic mass is 19.1. The van der Waals surface area contributed by atoms with E-state index in [-0.39, 0.29) is 11.7 Å². The predicted molar refractivity (Wildman–Crippen MR) is 81.8 cm³/mol. The molecule has 0 radical (unpaired) electrons. The molecule has 116 valence electrons. The van der Waals surface area contributed by atoms with Crippen molar-refractivity contribution in [1.82, 2.24) is 9.80 Å². The molecule has 1 fully saturated rings. The maximum atomic E-state index is 13.4. The third-order valence-corrected chi connectivity index (χ3v) is 3.88. The Balaban J connectivity index is 1.88. The predicted octanol–water partition coefficient (Wildman–Crippen LogP) is 1.63. The molecule has 1 aromatic carbocycles. The van der Waals surface area contributed by atoms with E-state index in [2.05, 4.69) is 4.90 Å². The molecule has 0 spiro atoms. The summed E-state index contributed by atoms with van der Waals surface area (Å²) in [4.78, 5) is 16.6. The number of amides is 1. The fraction of sp³-hybridized carbons (Fsp3) is 0.562. The van der Waals surface area contributed by atoms with Gasteiger partial charge >= 0.3 is 0 Å². The zero-order chi connectivity index (χ0) is 15.2. The van der Waals surface area contributed by atoms with Gasteiger partial charge in [0.1, 0.15) is 5.82 Å². The van der Waals surface area contributed by atoms with Crippen LogP contribution in [0, 0.1) is 12.7 Å². The first-order chi connectivity index (χ1) is 10.1. The summed E-state index contributed by atoms with van der Waals surface area (Å²) in [6.45, 7) is 6.74. The van der Waals surface area contributed by atoms with E-state index >= 15 is 0 Å². The van der Waals surface area contributed by atoms with E-state index in [0.717, 1.165) is 44.6 Å². The molecule has 0 saturated carbocycles. The van der Waals surface area contributed by atoms with Gasteiger partial charge in [0, 0.05) is 31.7 Å². The van der Waals surface area contributed by atoms with Gasteiger partial charge in [-0.2, -0.15) is 0 Å². The normalized spacial score (nSPS) is 16.2. The Bertz CT molecular complexity index is 464. The van der Waals surface area contributed by atoms with Gasteiger partial charge in [0.2, 0.25) is 0 Å². The summed E-state index contributed by atoms with van der Waals surface area (Å²) in [6, 6.07) is 4.51. The van der Waals surface area contributed by atoms with Gasteiger partial charge < -0.3 is 10.6 Å². The van der Waals surface area contributed by atoms with Gasteiger partial charge in [-0.25, -0.2) is 4.39 Å². The fourth-order valence-electron chi connectivity index (χ4n) is 2.70. The summed E-state index contributed by atoms with van der Waals surface area (Å²) in [5.41, 5.74) is 6.72. The molecule has 1 aliphatic heterocycles. The molecular formula is C16H24FN3O. The van der Waals surface area contributed by atoms with Crippen LogP contribution in [0.5, 0.6) is 0 Å². The van der Waals surface area contributed by atoms with Crippen LogP contribution >= 0.6 is 0 Å². The second-order valence-electron chi connectivity index (χ2n) is 5.65. The summed E-state index contributed by atoms with van der Waals surface area (Å²) in [5, 5.41) is 0. The molecule has 1 amide bonds. The number of unbranched alkanes of at least 4 members (excludes halogenated alkanes) is 1. The maximum Gasteiger partial charge on any atom is 0.254 e. The summed E-state index contributed by atoms with van der Waals surface area (Å²) in [6.07, 6.45) is 2.15. The number of hydrogen-bond donors (Lipinski definition) is 1. The Hall–Kier alpha value is -1.46. The molecule has 5 heteroatoms. The van der Waals surface area contributed by atoms with E-state index in [4.69, 9.17) is 5.73 Å². The molecule has 0 bridgehead atoms. The largest absolute Gasteiger partial charge is 0.336 e. The number of hydrogen-bond acceptors (Lipinski definition) is 3. The van der Waals surface area contributed by atoms with Gasteiger partial charge in [0.25, 0.3) is 5.91 Å². The quantitative estimate of drug-likeness (QED) is 0.840. The van der Waals surface area contributed by atoms with Gasteiger partial charge in [-0.05, 0) is 56.6 Å². The monoisotopic (exact) mass is 293 g/mol. The Morgan fingerprint density at radius 3 is 2.52 bits per heavy atom. The first kappa shape index (κ1) is 15.9. The Kier molecular flexibility index (Phi) is 5.70. The molecule has 2 rings (SSSR count). The van der Waals surface area contributed by atoms with Crippen LogP contribution in [-0.2, 0) is 0 Å². The van der Waals surface area contributed by atoms with E-state index in [1.165, 1.54) is 12.1 Å². The number of aryl methyl sites for hydroxylation is 1. The maximum absolute atomic E-state index is 13.4. The summed E-state index contributed by atoms with van der Waals surface area (Å²) in [7, 11) is 0. The third-order valence-electron chi connectivity index (χ3n) is 3.88. The molecule has 2 N–H and O–H groups in total. The molecule has 4 nitrogen and oxygen atoms in total. The van der Waals surface area contributed by atoms with E-state index < -0.39 is 0 Å². The van der Waals surface area contributed by atoms with Crippen molar-refractivity contribution in [3.05, 3.63) is 35.1 Å². The molecule has 1 aromatic rings. The van der Waals surface area contributed by atoms with Crippen molar-refractivity contribution in [3.63, 3.8) is 0 Å². The molecule has 0 aromatic heterocycles. The van der Waals surface area contributed by atoms with Crippen LogP contribution in [-0.4, -0.2) is 55.0 Å². The first-order valence-electron chi connectivity index (χ1n) is 7.59. The van der Waals surface area contributed by atoms with Gasteiger partial charge in [0.15, 0.2) is 0 Å². The number of carbonyl (C=O) groups is 1. The van der Waals surface area contributed by atoms with Crippen molar-refractivity contribution in [3.8, 4) is 0 Å². The zero-order valence-corrected chi connectivity index (χ0v) is 12.6. The molecule has 1 heterocycles. The van der Waals surface area contributed by atoms with Gasteiger partial charge in [-0.3, -0.25) is 9.69 Å². The third kappa shape index (κ3) is 4.51. The van der Waals surface area contributed by atoms with E-state index in [1.807, 2.05) is 4.90 Å². The lowest BCUT2D eigenvalue weighted by molar-refractivity contribution is 0.0635. The van der Waals surface area contributed by atoms with Crippen LogP contribution in [0.4, 0.5) is 4.39 Å². The van der Waals surface area contributed by atoms with Crippen molar-refractivity contribution < 1.29 is 9.18 Å². The van der Waals surface area contributed by atoms with Gasteiger partial charge in [-0.1, -0.05) is 0 Å². The molecule has 0 unspecified atom stereocenters. The van der Waals surface area contributed by atoms with E-state index in [1.54, 1.807) is 13.0 Å². The lowest BCUT2D eigenvalue weighted by Crippen LogP contribution is -2.48. The van der Waals surface area contributed by atoms with E-state index in [9.17, 15) is 9.18 Å². The standard InChI is InChI=1S/C16H24FN3O/c1-13-10-14(12-15(17)11-13)16(21)20-8-6-19(7-9-20)5-3-2-4-18/h10-12H,2-9,18H2,1H3. The van der Waals surface area contributed by atoms with Crippen molar-refractivity contribution in [2.24, 2.45) is 5.73 Å². The Morgan fingerprint density at radius 2 is 1.90 bits per heavy atom. The second kappa shape index (κ2) is 7.52. The van der Waals surface area contributed by atoms with Crippen LogP contribution < -0.4 is 5.73 Å². The van der Waals surface area contributed by atoms with Crippen LogP contribution in [0.15, 0.2) is 18.2 Å². The molecule has 0 atom stereocenters. The molecular weight excluding hydrogens is 269 g/mol. The lowest BCUT2D eigenvalue weighted by Gasteiger charge is -2.34. The molecule has 21 heavy (non-hydrogen) atoms. The Labute approximate surface area is 125 Å². The highest BCUT2D eigenvalue weighted by Crippen LogP contribution is 2.13. The van der Waals surface area contributed by atoms with Crippen LogP contribution in [0.1, 0.15) is 28.8 Å². The van der Waals surface area contributed by atoms with Crippen molar-refractivity contribution >= 4 is 5.91 Å². The van der Waals surface area contributed by atoms with Crippen molar-refractivity contribution in [2.45, 2.75) is 19.8 Å². The second-order valence-corrected chi connectivity index (χ2v) is 5.65. The van der Waals surface area contributed by atoms with Gasteiger partial charge in [0.05, 0.1) is 0 Å². The summed E-state index contributed by atoms with van der Waals surface area (Å²) in [5.74, 6) is -0.419. The highest BCUT2D eigenvalue weighted by molar-refractivity contribution is 5.94. The number of nitrogens with two attached hydrogens (primary N) is 1. The molecule has 0 aliphatic carbocycles. The number of benzene rings is 1. The molecule has 1 saturated heterocycles. The zero-order valence-electron chi connectivity index (χ0n) is 12.6. The highest BCUT2D eigenvalue weighted by Gasteiger charge is 2.22. The number of nitrogens with zero attached hydrogens (tertiary/aromatic N) is 2. The topological polar surface area (TPSA) is 49.6 Å². The van der Waals surface area contributed by atoms with Gasteiger partial charge in [-0.15, -0.1) is 0 Å². The fourth-order valence-corrected chi connectivity index (χ4v) is 2.70. The smallest absolute Gasteiger partial charge is 0.254 e. The Morgan fingerprint density at radius 1 is 1.19 bits per heavy atom. The average Bonchev–Trinajstić information content (AvgIpc) is 2.46. The average molecular weight is 293 g/mol. The van der Waals surface area contributed by atoms with Crippen LogP contribution in [0.25, 0.3) is 0 Å². The number of carbonyl (C=O) groups excluding carboxylic acids is 1. The van der Waals surface area contributed by atoms with Crippen LogP contribution in [0.2, 0.25) is 0 Å². The minimum absolute atomic E-state index is 0.0702. The molecule has 1 aliphatic rings. The van der Waals surface area contributed by atoms with Crippen LogP contribution in [0.3, 0.4) is 0 Å². The number of halogens is 1. The number of piperazine rings is 1. The summed E-state index contributed by atoms with van der Waals surface area (Å²) >= 11 is 0. The SMILES string of the molecule is Cc1cc(F)cc(C(=O)N2CCN(CCCCN)CC2)c1.